The highest BCUT2D eigenvalue weighted by Crippen LogP contribution is 2.67. The summed E-state index contributed by atoms with van der Waals surface area (Å²) >= 11 is 0. The third-order valence-corrected chi connectivity index (χ3v) is 15.6. The summed E-state index contributed by atoms with van der Waals surface area (Å²) in [7, 11) is -2.31. The molecule has 2 heterocycles. The summed E-state index contributed by atoms with van der Waals surface area (Å²) in [6.45, 7) is 11.7. The van der Waals surface area contributed by atoms with Crippen LogP contribution in [0.25, 0.3) is 10.9 Å². The Morgan fingerprint density at radius 1 is 0.840 bits per heavy atom. The average molecular weight is 690 g/mol. The molecular formula is C42H47FN4O2P+. The van der Waals surface area contributed by atoms with Crippen LogP contribution in [0.5, 0.6) is 0 Å². The first kappa shape index (κ1) is 34.1. The van der Waals surface area contributed by atoms with Gasteiger partial charge in [0.05, 0.1) is 16.4 Å². The zero-order valence-corrected chi connectivity index (χ0v) is 30.3. The van der Waals surface area contributed by atoms with E-state index in [2.05, 4.69) is 115 Å². The maximum absolute atomic E-state index is 15.6. The van der Waals surface area contributed by atoms with Gasteiger partial charge in [0.1, 0.15) is 34.6 Å². The Hall–Kier alpha value is -4.32. The number of nitrogens with zero attached hydrogens (tertiary/aromatic N) is 2. The lowest BCUT2D eigenvalue weighted by molar-refractivity contribution is 0.0904. The number of nitrogens with one attached hydrogen (secondary N) is 2. The van der Waals surface area contributed by atoms with Gasteiger partial charge in [0.15, 0.2) is 0 Å². The maximum Gasteiger partial charge on any atom is 0.257 e. The molecule has 5 aromatic rings. The van der Waals surface area contributed by atoms with Crippen LogP contribution in [0.4, 0.5) is 10.1 Å². The monoisotopic (exact) mass is 689 g/mol. The number of anilines is 1. The number of amides is 1. The van der Waals surface area contributed by atoms with E-state index < -0.39 is 30.0 Å². The molecule has 1 saturated heterocycles. The molecule has 4 aromatic carbocycles. The van der Waals surface area contributed by atoms with Crippen LogP contribution in [0.15, 0.2) is 114 Å². The zero-order valence-electron chi connectivity index (χ0n) is 29.5. The number of rotatable bonds is 10. The van der Waals surface area contributed by atoms with Crippen molar-refractivity contribution in [3.63, 3.8) is 0 Å². The Morgan fingerprint density at radius 2 is 1.36 bits per heavy atom. The van der Waals surface area contributed by atoms with E-state index >= 15 is 4.39 Å². The molecule has 2 fully saturated rings. The van der Waals surface area contributed by atoms with Gasteiger partial charge in [0.25, 0.3) is 5.91 Å². The Bertz CT molecular complexity index is 1960. The lowest BCUT2D eigenvalue weighted by Gasteiger charge is -2.44. The lowest BCUT2D eigenvalue weighted by Crippen LogP contribution is -2.53. The summed E-state index contributed by atoms with van der Waals surface area (Å²) in [5, 5.41) is 10.3. The van der Waals surface area contributed by atoms with Crippen molar-refractivity contribution in [1.82, 2.24) is 15.2 Å². The van der Waals surface area contributed by atoms with Crippen LogP contribution < -0.4 is 36.9 Å². The van der Waals surface area contributed by atoms with Gasteiger partial charge in [-0.1, -0.05) is 54.6 Å². The van der Waals surface area contributed by atoms with E-state index in [1.54, 1.807) is 6.20 Å². The van der Waals surface area contributed by atoms with Gasteiger partial charge >= 0.3 is 0 Å². The van der Waals surface area contributed by atoms with Crippen LogP contribution in [0, 0.1) is 5.82 Å². The lowest BCUT2D eigenvalue weighted by atomic mass is 9.91. The smallest absolute Gasteiger partial charge is 0.257 e. The van der Waals surface area contributed by atoms with E-state index in [0.717, 1.165) is 25.9 Å². The zero-order chi connectivity index (χ0) is 35.1. The molecule has 50 heavy (non-hydrogen) atoms. The first-order valence-electron chi connectivity index (χ1n) is 17.7. The van der Waals surface area contributed by atoms with Gasteiger partial charge in [-0.25, -0.2) is 4.39 Å². The van der Waals surface area contributed by atoms with Crippen molar-refractivity contribution in [2.24, 2.45) is 0 Å². The predicted octanol–water partition coefficient (Wildman–Crippen LogP) is 6.56. The van der Waals surface area contributed by atoms with Crippen LogP contribution in [-0.4, -0.2) is 47.3 Å². The Kier molecular flexibility index (Phi) is 9.17. The standard InChI is InChI=1S/C42H46FN4O2P/c1-41(2,29-42(3,4)50(31-14-8-5-9-15-31,32-16-10-6-11-17-32)33-18-12-7-13-19-33)45-40(49)35-28-47(30-20-21-30)37-27-38(46-24-22-44-23-25-46)36(43)26-34(37)39(35)48/h5-19,26-28,30,44H,20-25,29H2,1-4H3/p+1. The third-order valence-electron chi connectivity index (χ3n) is 10.4. The van der Waals surface area contributed by atoms with E-state index in [1.165, 1.54) is 22.0 Å². The molecule has 0 bridgehead atoms. The van der Waals surface area contributed by atoms with Gasteiger partial charge < -0.3 is 20.1 Å². The molecule has 2 N–H and O–H groups in total. The van der Waals surface area contributed by atoms with Crippen molar-refractivity contribution in [3.8, 4) is 0 Å². The topological polar surface area (TPSA) is 66.4 Å². The number of fused-ring (bicyclic) bond motifs is 1. The minimum atomic E-state index is -2.31. The highest BCUT2D eigenvalue weighted by atomic mass is 31.2. The average Bonchev–Trinajstić information content (AvgIpc) is 3.95. The van der Waals surface area contributed by atoms with E-state index in [1.807, 2.05) is 29.4 Å². The van der Waals surface area contributed by atoms with Crippen LogP contribution >= 0.6 is 7.26 Å². The fourth-order valence-electron chi connectivity index (χ4n) is 8.39. The highest BCUT2D eigenvalue weighted by Gasteiger charge is 2.59. The van der Waals surface area contributed by atoms with E-state index in [9.17, 15) is 9.59 Å². The van der Waals surface area contributed by atoms with Crippen molar-refractivity contribution < 1.29 is 9.18 Å². The number of piperazine rings is 1. The molecule has 1 saturated carbocycles. The number of aromatic nitrogens is 1. The molecule has 2 aliphatic rings. The SMILES string of the molecule is CC(C)(CC(C)(C)[P+](c1ccccc1)(c1ccccc1)c1ccccc1)NC(=O)c1cn(C2CC2)c2cc(N3CCNCC3)c(F)cc2c1=O. The molecule has 1 aliphatic carbocycles. The number of carbonyl (C=O) groups excluding carboxylic acids is 1. The molecule has 1 aromatic heterocycles. The van der Waals surface area contributed by atoms with Gasteiger partial charge in [-0.2, -0.15) is 0 Å². The number of hydrogen-bond acceptors (Lipinski definition) is 4. The molecule has 0 atom stereocenters. The first-order chi connectivity index (χ1) is 24.0. The molecule has 0 spiro atoms. The molecule has 1 amide bonds. The summed E-state index contributed by atoms with van der Waals surface area (Å²) in [5.74, 6) is -0.858. The van der Waals surface area contributed by atoms with E-state index in [-0.39, 0.29) is 22.1 Å². The molecular weight excluding hydrogens is 642 g/mol. The van der Waals surface area contributed by atoms with Crippen molar-refractivity contribution in [2.75, 3.05) is 31.1 Å². The second-order valence-electron chi connectivity index (χ2n) is 15.1. The molecule has 7 rings (SSSR count). The Morgan fingerprint density at radius 3 is 1.86 bits per heavy atom. The predicted molar refractivity (Wildman–Crippen MR) is 207 cm³/mol. The minimum Gasteiger partial charge on any atom is -0.367 e. The van der Waals surface area contributed by atoms with Crippen molar-refractivity contribution in [2.45, 2.75) is 63.7 Å². The van der Waals surface area contributed by atoms with Gasteiger partial charge in [0.2, 0.25) is 5.43 Å². The summed E-state index contributed by atoms with van der Waals surface area (Å²) in [6.07, 6.45) is 4.27. The minimum absolute atomic E-state index is 0.0554. The highest BCUT2D eigenvalue weighted by molar-refractivity contribution is 7.96. The van der Waals surface area contributed by atoms with Crippen molar-refractivity contribution in [1.29, 1.82) is 0 Å². The molecule has 8 heteroatoms. The first-order valence-corrected chi connectivity index (χ1v) is 19.5. The molecule has 6 nitrogen and oxygen atoms in total. The fraction of sp³-hybridized carbons (Fsp3) is 0.333. The van der Waals surface area contributed by atoms with Crippen LogP contribution in [0.1, 0.15) is 63.4 Å². The van der Waals surface area contributed by atoms with Crippen molar-refractivity contribution >= 4 is 45.7 Å². The van der Waals surface area contributed by atoms with Crippen molar-refractivity contribution in [3.05, 3.63) is 131 Å². The summed E-state index contributed by atoms with van der Waals surface area (Å²) in [4.78, 5) is 30.3. The molecule has 0 radical (unpaired) electrons. The normalized spacial score (nSPS) is 15.7. The largest absolute Gasteiger partial charge is 0.367 e. The maximum atomic E-state index is 15.6. The van der Waals surface area contributed by atoms with Crippen LogP contribution in [0.2, 0.25) is 0 Å². The van der Waals surface area contributed by atoms with E-state index in [4.69, 9.17) is 0 Å². The number of carbonyl (C=O) groups is 1. The van der Waals surface area contributed by atoms with Gasteiger partial charge in [-0.05, 0) is 89.1 Å². The van der Waals surface area contributed by atoms with Gasteiger partial charge in [0, 0.05) is 55.8 Å². The van der Waals surface area contributed by atoms with Gasteiger partial charge in [-0.15, -0.1) is 0 Å². The second-order valence-corrected chi connectivity index (χ2v) is 19.2. The summed E-state index contributed by atoms with van der Waals surface area (Å²) in [6, 6.07) is 35.6. The molecule has 258 valence electrons. The fourth-order valence-corrected chi connectivity index (χ4v) is 13.9. The number of halogens is 1. The molecule has 1 aliphatic heterocycles. The summed E-state index contributed by atoms with van der Waals surface area (Å²) in [5.41, 5.74) is 0.116. The Balaban J connectivity index is 1.27. The third kappa shape index (κ3) is 6.27. The summed E-state index contributed by atoms with van der Waals surface area (Å²) < 4.78 is 17.7. The quantitative estimate of drug-likeness (QED) is 0.163. The number of hydrogen-bond donors (Lipinski definition) is 2. The number of pyridine rings is 1. The van der Waals surface area contributed by atoms with E-state index in [0.29, 0.717) is 30.7 Å². The Labute approximate surface area is 295 Å². The number of benzene rings is 4. The molecule has 0 unspecified atom stereocenters. The van der Waals surface area contributed by atoms with Crippen LogP contribution in [-0.2, 0) is 0 Å². The van der Waals surface area contributed by atoms with Crippen LogP contribution in [0.3, 0.4) is 0 Å². The second kappa shape index (κ2) is 13.4. The van der Waals surface area contributed by atoms with Gasteiger partial charge in [-0.3, -0.25) is 9.59 Å².